The third kappa shape index (κ3) is 4.69. The van der Waals surface area contributed by atoms with E-state index in [1.807, 2.05) is 18.2 Å². The molecule has 1 aliphatic heterocycles. The van der Waals surface area contributed by atoms with Crippen LogP contribution in [-0.4, -0.2) is 32.6 Å². The molecule has 6 heteroatoms. The second-order valence-corrected chi connectivity index (χ2v) is 8.65. The van der Waals surface area contributed by atoms with Gasteiger partial charge in [0.1, 0.15) is 11.9 Å². The highest BCUT2D eigenvalue weighted by Crippen LogP contribution is 2.31. The Labute approximate surface area is 135 Å². The number of hydrogen-bond acceptors (Lipinski definition) is 4. The van der Waals surface area contributed by atoms with Crippen molar-refractivity contribution >= 4 is 25.8 Å². The van der Waals surface area contributed by atoms with Crippen molar-refractivity contribution in [3.63, 3.8) is 0 Å². The first kappa shape index (κ1) is 16.8. The first-order chi connectivity index (χ1) is 9.91. The topological polar surface area (TPSA) is 55.4 Å². The molecular weight excluding hydrogens is 354 g/mol. The lowest BCUT2D eigenvalue weighted by Crippen LogP contribution is -2.22. The molecular formula is C15H22BrNO3S. The summed E-state index contributed by atoms with van der Waals surface area (Å²) in [5.74, 6) is 1.11. The van der Waals surface area contributed by atoms with Gasteiger partial charge in [-0.05, 0) is 38.4 Å². The molecule has 1 aromatic rings. The highest BCUT2D eigenvalue weighted by molar-refractivity contribution is 9.10. The Bertz CT molecular complexity index is 589. The van der Waals surface area contributed by atoms with Crippen molar-refractivity contribution in [1.82, 2.24) is 5.32 Å². The summed E-state index contributed by atoms with van der Waals surface area (Å²) in [6.07, 6.45) is 1.41. The number of sulfone groups is 1. The Kier molecular flexibility index (Phi) is 5.68. The molecule has 0 aliphatic carbocycles. The van der Waals surface area contributed by atoms with Crippen molar-refractivity contribution in [3.05, 3.63) is 28.2 Å². The first-order valence-corrected chi connectivity index (χ1v) is 9.92. The fourth-order valence-electron chi connectivity index (χ4n) is 2.47. The lowest BCUT2D eigenvalue weighted by atomic mass is 10.1. The van der Waals surface area contributed by atoms with Crippen molar-refractivity contribution in [2.75, 3.05) is 18.1 Å². The Morgan fingerprint density at radius 3 is 2.86 bits per heavy atom. The summed E-state index contributed by atoms with van der Waals surface area (Å²) < 4.78 is 30.0. The van der Waals surface area contributed by atoms with Gasteiger partial charge in [0.15, 0.2) is 9.84 Å². The molecule has 0 radical (unpaired) electrons. The minimum Gasteiger partial charge on any atom is -0.489 e. The van der Waals surface area contributed by atoms with E-state index in [4.69, 9.17) is 4.74 Å². The van der Waals surface area contributed by atoms with Gasteiger partial charge in [0.25, 0.3) is 0 Å². The number of hydrogen-bond donors (Lipinski definition) is 1. The first-order valence-electron chi connectivity index (χ1n) is 7.31. The van der Waals surface area contributed by atoms with Crippen molar-refractivity contribution in [2.24, 2.45) is 0 Å². The molecule has 118 valence electrons. The van der Waals surface area contributed by atoms with Gasteiger partial charge in [-0.2, -0.15) is 0 Å². The second-order valence-electron chi connectivity index (χ2n) is 5.50. The van der Waals surface area contributed by atoms with E-state index in [1.165, 1.54) is 0 Å². The quantitative estimate of drug-likeness (QED) is 0.829. The lowest BCUT2D eigenvalue weighted by molar-refractivity contribution is 0.225. The summed E-state index contributed by atoms with van der Waals surface area (Å²) in [6, 6.07) is 6.10. The highest BCUT2D eigenvalue weighted by atomic mass is 79.9. The molecule has 0 saturated carbocycles. The monoisotopic (exact) mass is 375 g/mol. The summed E-state index contributed by atoms with van der Waals surface area (Å²) in [7, 11) is -2.93. The molecule has 0 bridgehead atoms. The maximum absolute atomic E-state index is 11.6. The van der Waals surface area contributed by atoms with Crippen LogP contribution < -0.4 is 10.1 Å². The van der Waals surface area contributed by atoms with Crippen LogP contribution in [0.1, 0.15) is 38.3 Å². The van der Waals surface area contributed by atoms with E-state index in [0.717, 1.165) is 28.8 Å². The minimum absolute atomic E-state index is 0.121. The number of rotatable bonds is 6. The molecule has 0 aromatic heterocycles. The average molecular weight is 376 g/mol. The standard InChI is InChI=1S/C15H22BrNO3S/c1-3-7-17-11(2)14-5-4-12(16)9-15(14)20-13-6-8-21(18,19)10-13/h4-5,9,11,13,17H,3,6-8,10H2,1-2H3. The fourth-order valence-corrected chi connectivity index (χ4v) is 4.40. The zero-order chi connectivity index (χ0) is 15.5. The van der Waals surface area contributed by atoms with Gasteiger partial charge in [-0.15, -0.1) is 0 Å². The molecule has 1 aromatic carbocycles. The molecule has 21 heavy (non-hydrogen) atoms. The molecule has 0 spiro atoms. The van der Waals surface area contributed by atoms with Crippen LogP contribution in [0.4, 0.5) is 0 Å². The predicted octanol–water partition coefficient (Wildman–Crippen LogP) is 3.08. The largest absolute Gasteiger partial charge is 0.489 e. The molecule has 1 aliphatic rings. The van der Waals surface area contributed by atoms with Crippen molar-refractivity contribution in [1.29, 1.82) is 0 Å². The zero-order valence-electron chi connectivity index (χ0n) is 12.4. The van der Waals surface area contributed by atoms with Crippen molar-refractivity contribution in [2.45, 2.75) is 38.8 Å². The van der Waals surface area contributed by atoms with Gasteiger partial charge >= 0.3 is 0 Å². The third-order valence-corrected chi connectivity index (χ3v) is 5.86. The van der Waals surface area contributed by atoms with Gasteiger partial charge in [0.2, 0.25) is 0 Å². The number of nitrogens with one attached hydrogen (secondary N) is 1. The van der Waals surface area contributed by atoms with E-state index in [0.29, 0.717) is 6.42 Å². The molecule has 1 heterocycles. The number of halogens is 1. The molecule has 2 unspecified atom stereocenters. The Morgan fingerprint density at radius 1 is 1.48 bits per heavy atom. The van der Waals surface area contributed by atoms with E-state index in [2.05, 4.69) is 35.1 Å². The Hall–Kier alpha value is -0.590. The van der Waals surface area contributed by atoms with Crippen molar-refractivity contribution < 1.29 is 13.2 Å². The minimum atomic E-state index is -2.93. The van der Waals surface area contributed by atoms with Gasteiger partial charge in [-0.1, -0.05) is 28.9 Å². The van der Waals surface area contributed by atoms with E-state index in [-0.39, 0.29) is 23.7 Å². The molecule has 4 nitrogen and oxygen atoms in total. The van der Waals surface area contributed by atoms with Crippen LogP contribution >= 0.6 is 15.9 Å². The van der Waals surface area contributed by atoms with Crippen LogP contribution in [0.5, 0.6) is 5.75 Å². The predicted molar refractivity (Wildman–Crippen MR) is 88.5 cm³/mol. The normalized spacial score (nSPS) is 22.1. The van der Waals surface area contributed by atoms with Crippen LogP contribution in [0.15, 0.2) is 22.7 Å². The Balaban J connectivity index is 2.15. The number of ether oxygens (including phenoxy) is 1. The van der Waals surface area contributed by atoms with Crippen LogP contribution in [0.3, 0.4) is 0 Å². The van der Waals surface area contributed by atoms with Crippen LogP contribution in [0.2, 0.25) is 0 Å². The second kappa shape index (κ2) is 7.11. The molecule has 1 saturated heterocycles. The molecule has 2 rings (SSSR count). The molecule has 1 N–H and O–H groups in total. The SMILES string of the molecule is CCCNC(C)c1ccc(Br)cc1OC1CCS(=O)(=O)C1. The van der Waals surface area contributed by atoms with E-state index in [9.17, 15) is 8.42 Å². The van der Waals surface area contributed by atoms with Gasteiger partial charge < -0.3 is 10.1 Å². The van der Waals surface area contributed by atoms with Gasteiger partial charge in [-0.25, -0.2) is 8.42 Å². The van der Waals surface area contributed by atoms with Crippen LogP contribution in [0, 0.1) is 0 Å². The lowest BCUT2D eigenvalue weighted by Gasteiger charge is -2.21. The average Bonchev–Trinajstić information content (AvgIpc) is 2.75. The summed E-state index contributed by atoms with van der Waals surface area (Å²) in [5, 5.41) is 3.44. The van der Waals surface area contributed by atoms with Crippen LogP contribution in [0.25, 0.3) is 0 Å². The maximum atomic E-state index is 11.6. The fraction of sp³-hybridized carbons (Fsp3) is 0.600. The summed E-state index contributed by atoms with van der Waals surface area (Å²) in [4.78, 5) is 0. The molecule has 2 atom stereocenters. The Morgan fingerprint density at radius 2 is 2.24 bits per heavy atom. The highest BCUT2D eigenvalue weighted by Gasteiger charge is 2.30. The third-order valence-electron chi connectivity index (χ3n) is 3.63. The van der Waals surface area contributed by atoms with Gasteiger partial charge in [0.05, 0.1) is 11.5 Å². The van der Waals surface area contributed by atoms with E-state index >= 15 is 0 Å². The van der Waals surface area contributed by atoms with Crippen molar-refractivity contribution in [3.8, 4) is 5.75 Å². The summed E-state index contributed by atoms with van der Waals surface area (Å²) >= 11 is 3.45. The zero-order valence-corrected chi connectivity index (χ0v) is 14.8. The van der Waals surface area contributed by atoms with E-state index in [1.54, 1.807) is 0 Å². The number of benzene rings is 1. The molecule has 0 amide bonds. The van der Waals surface area contributed by atoms with E-state index < -0.39 is 9.84 Å². The van der Waals surface area contributed by atoms with Crippen LogP contribution in [-0.2, 0) is 9.84 Å². The maximum Gasteiger partial charge on any atom is 0.154 e. The summed E-state index contributed by atoms with van der Waals surface area (Å²) in [6.45, 7) is 5.16. The molecule has 1 fully saturated rings. The summed E-state index contributed by atoms with van der Waals surface area (Å²) in [5.41, 5.74) is 1.07. The van der Waals surface area contributed by atoms with Gasteiger partial charge in [-0.3, -0.25) is 0 Å². The smallest absolute Gasteiger partial charge is 0.154 e. The van der Waals surface area contributed by atoms with Gasteiger partial charge in [0, 0.05) is 16.1 Å².